The van der Waals surface area contributed by atoms with Crippen molar-refractivity contribution in [3.8, 4) is 5.75 Å². The highest BCUT2D eigenvalue weighted by Gasteiger charge is 2.16. The second-order valence-electron chi connectivity index (χ2n) is 6.37. The molecule has 0 saturated heterocycles. The van der Waals surface area contributed by atoms with Crippen molar-refractivity contribution < 1.29 is 4.74 Å². The van der Waals surface area contributed by atoms with E-state index in [-0.39, 0.29) is 0 Å². The molecule has 0 aliphatic heterocycles. The second kappa shape index (κ2) is 7.10. The molecule has 0 fully saturated rings. The minimum absolute atomic E-state index is 0.312. The fourth-order valence-corrected chi connectivity index (χ4v) is 3.54. The van der Waals surface area contributed by atoms with Crippen molar-refractivity contribution in [2.45, 2.75) is 26.2 Å². The van der Waals surface area contributed by atoms with Crippen molar-refractivity contribution >= 4 is 10.9 Å². The Bertz CT molecular complexity index is 835. The Labute approximate surface area is 144 Å². The molecule has 2 N–H and O–H groups in total. The molecular weight excluding hydrogens is 296 g/mol. The Balaban J connectivity index is 1.92. The maximum Gasteiger partial charge on any atom is 0.119 e. The van der Waals surface area contributed by atoms with Gasteiger partial charge in [0, 0.05) is 30.1 Å². The molecule has 0 bridgehead atoms. The molecule has 3 heteroatoms. The van der Waals surface area contributed by atoms with Gasteiger partial charge in [-0.3, -0.25) is 0 Å². The molecule has 24 heavy (non-hydrogen) atoms. The Morgan fingerprint density at radius 3 is 2.67 bits per heavy atom. The summed E-state index contributed by atoms with van der Waals surface area (Å²) in [5.74, 6) is 1.24. The molecule has 0 saturated carbocycles. The van der Waals surface area contributed by atoms with Crippen LogP contribution in [0.25, 0.3) is 10.9 Å². The summed E-state index contributed by atoms with van der Waals surface area (Å²) in [5, 5.41) is 1.32. The lowest BCUT2D eigenvalue weighted by molar-refractivity contribution is 0.340. The Morgan fingerprint density at radius 1 is 1.17 bits per heavy atom. The van der Waals surface area contributed by atoms with Crippen LogP contribution >= 0.6 is 0 Å². The van der Waals surface area contributed by atoms with E-state index >= 15 is 0 Å². The van der Waals surface area contributed by atoms with E-state index < -0.39 is 0 Å². The zero-order valence-corrected chi connectivity index (χ0v) is 14.8. The highest BCUT2D eigenvalue weighted by Crippen LogP contribution is 2.29. The first-order chi connectivity index (χ1) is 11.6. The minimum Gasteiger partial charge on any atom is -0.494 e. The van der Waals surface area contributed by atoms with Gasteiger partial charge in [0.1, 0.15) is 5.75 Å². The highest BCUT2D eigenvalue weighted by molar-refractivity contribution is 5.84. The van der Waals surface area contributed by atoms with Gasteiger partial charge < -0.3 is 15.0 Å². The number of aromatic nitrogens is 1. The number of ether oxygens (including phenoxy) is 1. The van der Waals surface area contributed by atoms with Crippen molar-refractivity contribution in [3.63, 3.8) is 0 Å². The Morgan fingerprint density at radius 2 is 1.96 bits per heavy atom. The third-order valence-electron chi connectivity index (χ3n) is 4.72. The lowest BCUT2D eigenvalue weighted by atomic mass is 9.89. The van der Waals surface area contributed by atoms with Crippen LogP contribution in [0.1, 0.15) is 29.5 Å². The van der Waals surface area contributed by atoms with E-state index in [1.54, 1.807) is 0 Å². The molecule has 2 aromatic carbocycles. The number of fused-ring (bicyclic) bond motifs is 1. The molecule has 1 unspecified atom stereocenters. The van der Waals surface area contributed by atoms with Crippen molar-refractivity contribution in [3.05, 3.63) is 65.4 Å². The predicted octanol–water partition coefficient (Wildman–Crippen LogP) is 4.17. The maximum absolute atomic E-state index is 6.13. The van der Waals surface area contributed by atoms with E-state index in [0.717, 1.165) is 12.2 Å². The van der Waals surface area contributed by atoms with E-state index in [0.29, 0.717) is 19.1 Å². The van der Waals surface area contributed by atoms with Gasteiger partial charge in [0.2, 0.25) is 0 Å². The third-order valence-corrected chi connectivity index (χ3v) is 4.72. The summed E-state index contributed by atoms with van der Waals surface area (Å²) in [6.07, 6.45) is 3.18. The fourth-order valence-electron chi connectivity index (χ4n) is 3.54. The van der Waals surface area contributed by atoms with Crippen LogP contribution < -0.4 is 10.5 Å². The lowest BCUT2D eigenvalue weighted by Crippen LogP contribution is -2.16. The SMILES string of the molecule is CCOc1ccc(C(CN)Cc2cn(C)c3ccccc23)c(C)c1. The van der Waals surface area contributed by atoms with E-state index in [2.05, 4.69) is 67.2 Å². The standard InChI is InChI=1S/C21H26N2O/c1-4-24-18-9-10-19(15(2)11-18)16(13-22)12-17-14-23(3)21-8-6-5-7-20(17)21/h5-11,14,16H,4,12-13,22H2,1-3H3. The number of rotatable bonds is 6. The van der Waals surface area contributed by atoms with Gasteiger partial charge in [0.25, 0.3) is 0 Å². The predicted molar refractivity (Wildman–Crippen MR) is 101 cm³/mol. The quantitative estimate of drug-likeness (QED) is 0.740. The van der Waals surface area contributed by atoms with Crippen LogP contribution in [-0.4, -0.2) is 17.7 Å². The Hall–Kier alpha value is -2.26. The van der Waals surface area contributed by atoms with Crippen LogP contribution in [0, 0.1) is 6.92 Å². The van der Waals surface area contributed by atoms with Crippen molar-refractivity contribution in [1.82, 2.24) is 4.57 Å². The van der Waals surface area contributed by atoms with E-state index in [1.165, 1.54) is 27.6 Å². The highest BCUT2D eigenvalue weighted by atomic mass is 16.5. The van der Waals surface area contributed by atoms with Gasteiger partial charge >= 0.3 is 0 Å². The number of aryl methyl sites for hydroxylation is 2. The smallest absolute Gasteiger partial charge is 0.119 e. The fraction of sp³-hybridized carbons (Fsp3) is 0.333. The molecular formula is C21H26N2O. The molecule has 0 amide bonds. The summed E-state index contributed by atoms with van der Waals surface area (Å²) < 4.78 is 7.80. The van der Waals surface area contributed by atoms with Crippen molar-refractivity contribution in [1.29, 1.82) is 0 Å². The zero-order valence-electron chi connectivity index (χ0n) is 14.8. The molecule has 3 aromatic rings. The van der Waals surface area contributed by atoms with Gasteiger partial charge in [-0.1, -0.05) is 24.3 Å². The molecule has 1 aromatic heterocycles. The minimum atomic E-state index is 0.312. The Kier molecular flexibility index (Phi) is 4.91. The molecule has 1 atom stereocenters. The number of hydrogen-bond acceptors (Lipinski definition) is 2. The summed E-state index contributed by atoms with van der Waals surface area (Å²) in [6.45, 7) is 5.48. The summed E-state index contributed by atoms with van der Waals surface area (Å²) in [6, 6.07) is 14.9. The molecule has 1 heterocycles. The van der Waals surface area contributed by atoms with Crippen molar-refractivity contribution in [2.24, 2.45) is 12.8 Å². The van der Waals surface area contributed by atoms with Crippen LogP contribution in [0.3, 0.4) is 0 Å². The van der Waals surface area contributed by atoms with Crippen LogP contribution in [0.2, 0.25) is 0 Å². The molecule has 3 nitrogen and oxygen atoms in total. The van der Waals surface area contributed by atoms with Gasteiger partial charge in [-0.2, -0.15) is 0 Å². The first-order valence-corrected chi connectivity index (χ1v) is 8.60. The monoisotopic (exact) mass is 322 g/mol. The number of para-hydroxylation sites is 1. The first-order valence-electron chi connectivity index (χ1n) is 8.60. The van der Waals surface area contributed by atoms with E-state index in [9.17, 15) is 0 Å². The molecule has 0 spiro atoms. The first kappa shape index (κ1) is 16.6. The van der Waals surface area contributed by atoms with E-state index in [1.807, 2.05) is 6.92 Å². The number of nitrogens with zero attached hydrogens (tertiary/aromatic N) is 1. The topological polar surface area (TPSA) is 40.2 Å². The average Bonchev–Trinajstić information content (AvgIpc) is 2.90. The van der Waals surface area contributed by atoms with Crippen molar-refractivity contribution in [2.75, 3.05) is 13.2 Å². The van der Waals surface area contributed by atoms with Crippen LogP contribution in [0.4, 0.5) is 0 Å². The molecule has 0 aliphatic carbocycles. The molecule has 0 radical (unpaired) electrons. The number of benzene rings is 2. The normalized spacial score (nSPS) is 12.5. The van der Waals surface area contributed by atoms with Gasteiger partial charge in [0.05, 0.1) is 6.61 Å². The molecule has 0 aliphatic rings. The number of nitrogens with two attached hydrogens (primary N) is 1. The molecule has 3 rings (SSSR count). The van der Waals surface area contributed by atoms with Gasteiger partial charge in [-0.15, -0.1) is 0 Å². The largest absolute Gasteiger partial charge is 0.494 e. The molecule has 126 valence electrons. The zero-order chi connectivity index (χ0) is 17.1. The third kappa shape index (κ3) is 3.17. The van der Waals surface area contributed by atoms with Crippen LogP contribution in [-0.2, 0) is 13.5 Å². The maximum atomic E-state index is 6.13. The van der Waals surface area contributed by atoms with Gasteiger partial charge in [-0.05, 0) is 61.7 Å². The van der Waals surface area contributed by atoms with Gasteiger partial charge in [0.15, 0.2) is 0 Å². The second-order valence-corrected chi connectivity index (χ2v) is 6.37. The van der Waals surface area contributed by atoms with E-state index in [4.69, 9.17) is 10.5 Å². The van der Waals surface area contributed by atoms with Crippen LogP contribution in [0.5, 0.6) is 5.75 Å². The number of hydrogen-bond donors (Lipinski definition) is 1. The summed E-state index contributed by atoms with van der Waals surface area (Å²) >= 11 is 0. The average molecular weight is 322 g/mol. The van der Waals surface area contributed by atoms with Gasteiger partial charge in [-0.25, -0.2) is 0 Å². The summed E-state index contributed by atoms with van der Waals surface area (Å²) in [4.78, 5) is 0. The summed E-state index contributed by atoms with van der Waals surface area (Å²) in [5.41, 5.74) is 11.3. The van der Waals surface area contributed by atoms with Crippen LogP contribution in [0.15, 0.2) is 48.7 Å². The lowest BCUT2D eigenvalue weighted by Gasteiger charge is -2.18. The summed E-state index contributed by atoms with van der Waals surface area (Å²) in [7, 11) is 2.10.